The van der Waals surface area contributed by atoms with Crippen molar-refractivity contribution in [3.8, 4) is 5.75 Å². The van der Waals surface area contributed by atoms with Crippen LogP contribution < -0.4 is 4.74 Å². The number of carbonyl (C=O) groups excluding carboxylic acids is 1. The Hall–Kier alpha value is -2.93. The maximum absolute atomic E-state index is 12.8. The number of hydrogen-bond donors (Lipinski definition) is 0. The van der Waals surface area contributed by atoms with E-state index in [4.69, 9.17) is 9.72 Å². The molecule has 0 bridgehead atoms. The van der Waals surface area contributed by atoms with E-state index in [1.807, 2.05) is 44.2 Å². The molecule has 2 heterocycles. The first-order chi connectivity index (χ1) is 14.1. The van der Waals surface area contributed by atoms with Crippen molar-refractivity contribution in [1.82, 2.24) is 19.7 Å². The van der Waals surface area contributed by atoms with Crippen LogP contribution in [-0.2, 0) is 6.54 Å². The van der Waals surface area contributed by atoms with E-state index in [1.54, 1.807) is 12.1 Å². The number of para-hydroxylation sites is 1. The molecule has 148 valence electrons. The molecule has 0 fully saturated rings. The summed E-state index contributed by atoms with van der Waals surface area (Å²) in [4.78, 5) is 17.5. The lowest BCUT2D eigenvalue weighted by Crippen LogP contribution is -2.14. The summed E-state index contributed by atoms with van der Waals surface area (Å²) < 4.78 is 7.56. The molecule has 4 rings (SSSR count). The molecule has 0 saturated carbocycles. The zero-order valence-corrected chi connectivity index (χ0v) is 17.4. The average molecular weight is 407 g/mol. The standard InChI is InChI=1S/C22H22N4O2S/c1-4-26-18-9-7-6-8-17(18)19-21(26)23-22(25-24-19)29-14(3)20(27)15-10-12-16(13-11-15)28-5-2/h6-14H,4-5H2,1-3H3/t14-/m0/s1. The Morgan fingerprint density at radius 3 is 2.59 bits per heavy atom. The topological polar surface area (TPSA) is 69.9 Å². The van der Waals surface area contributed by atoms with Gasteiger partial charge in [-0.05, 0) is 51.1 Å². The van der Waals surface area contributed by atoms with Gasteiger partial charge in [-0.1, -0.05) is 30.0 Å². The summed E-state index contributed by atoms with van der Waals surface area (Å²) in [6, 6.07) is 15.3. The van der Waals surface area contributed by atoms with Crippen LogP contribution in [0.4, 0.5) is 0 Å². The predicted molar refractivity (Wildman–Crippen MR) is 116 cm³/mol. The van der Waals surface area contributed by atoms with E-state index >= 15 is 0 Å². The number of nitrogens with zero attached hydrogens (tertiary/aromatic N) is 4. The maximum Gasteiger partial charge on any atom is 0.211 e. The van der Waals surface area contributed by atoms with Gasteiger partial charge < -0.3 is 9.30 Å². The molecule has 0 saturated heterocycles. The van der Waals surface area contributed by atoms with Gasteiger partial charge in [0.2, 0.25) is 5.16 Å². The number of rotatable bonds is 7. The third kappa shape index (κ3) is 3.70. The SMILES string of the molecule is CCOc1ccc(C(=O)[C@H](C)Sc2nnc3c4ccccc4n(CC)c3n2)cc1. The van der Waals surface area contributed by atoms with Gasteiger partial charge in [0.15, 0.2) is 11.4 Å². The summed E-state index contributed by atoms with van der Waals surface area (Å²) in [6.07, 6.45) is 0. The summed E-state index contributed by atoms with van der Waals surface area (Å²) in [5.41, 5.74) is 3.32. The van der Waals surface area contributed by atoms with E-state index in [0.29, 0.717) is 17.3 Å². The molecule has 0 aliphatic carbocycles. The molecule has 4 aromatic rings. The summed E-state index contributed by atoms with van der Waals surface area (Å²) in [5, 5.41) is 9.90. The number of carbonyl (C=O) groups is 1. The van der Waals surface area contributed by atoms with E-state index in [2.05, 4.69) is 27.8 Å². The third-order valence-electron chi connectivity index (χ3n) is 4.77. The van der Waals surface area contributed by atoms with Crippen LogP contribution in [0, 0.1) is 0 Å². The summed E-state index contributed by atoms with van der Waals surface area (Å²) >= 11 is 1.33. The summed E-state index contributed by atoms with van der Waals surface area (Å²) in [6.45, 7) is 7.26. The molecule has 0 radical (unpaired) electrons. The van der Waals surface area contributed by atoms with Gasteiger partial charge in [-0.2, -0.15) is 0 Å². The maximum atomic E-state index is 12.8. The Bertz CT molecular complexity index is 1170. The van der Waals surface area contributed by atoms with Gasteiger partial charge in [0.25, 0.3) is 0 Å². The second-order valence-electron chi connectivity index (χ2n) is 6.61. The smallest absolute Gasteiger partial charge is 0.211 e. The van der Waals surface area contributed by atoms with Crippen molar-refractivity contribution in [2.24, 2.45) is 0 Å². The number of ketones is 1. The van der Waals surface area contributed by atoms with Gasteiger partial charge in [0.1, 0.15) is 11.3 Å². The van der Waals surface area contributed by atoms with Crippen LogP contribution in [0.15, 0.2) is 53.7 Å². The first-order valence-corrected chi connectivity index (χ1v) is 10.6. The van der Waals surface area contributed by atoms with E-state index < -0.39 is 0 Å². The van der Waals surface area contributed by atoms with Crippen molar-refractivity contribution in [2.45, 2.75) is 37.7 Å². The first kappa shape index (κ1) is 19.4. The molecule has 0 aliphatic heterocycles. The zero-order chi connectivity index (χ0) is 20.4. The molecule has 7 heteroatoms. The van der Waals surface area contributed by atoms with Crippen molar-refractivity contribution in [1.29, 1.82) is 0 Å². The Labute approximate surface area is 173 Å². The normalized spacial score (nSPS) is 12.4. The van der Waals surface area contributed by atoms with Crippen LogP contribution in [0.25, 0.3) is 22.1 Å². The molecule has 29 heavy (non-hydrogen) atoms. The fourth-order valence-electron chi connectivity index (χ4n) is 3.39. The molecule has 0 unspecified atom stereocenters. The second kappa shape index (κ2) is 8.21. The van der Waals surface area contributed by atoms with E-state index in [-0.39, 0.29) is 11.0 Å². The lowest BCUT2D eigenvalue weighted by atomic mass is 10.1. The van der Waals surface area contributed by atoms with Crippen molar-refractivity contribution in [2.75, 3.05) is 6.61 Å². The Morgan fingerprint density at radius 2 is 1.86 bits per heavy atom. The lowest BCUT2D eigenvalue weighted by Gasteiger charge is -2.10. The van der Waals surface area contributed by atoms with Crippen molar-refractivity contribution in [3.05, 3.63) is 54.1 Å². The van der Waals surface area contributed by atoms with Gasteiger partial charge in [0.05, 0.1) is 17.4 Å². The van der Waals surface area contributed by atoms with Crippen LogP contribution in [0.3, 0.4) is 0 Å². The van der Waals surface area contributed by atoms with E-state index in [1.165, 1.54) is 11.8 Å². The van der Waals surface area contributed by atoms with Gasteiger partial charge >= 0.3 is 0 Å². The number of aryl methyl sites for hydroxylation is 1. The quantitative estimate of drug-likeness (QED) is 0.325. The molecule has 0 N–H and O–H groups in total. The van der Waals surface area contributed by atoms with Crippen molar-refractivity contribution >= 4 is 39.6 Å². The minimum absolute atomic E-state index is 0.0257. The number of hydrogen-bond acceptors (Lipinski definition) is 6. The molecule has 6 nitrogen and oxygen atoms in total. The molecule has 0 aliphatic rings. The Morgan fingerprint density at radius 1 is 1.10 bits per heavy atom. The van der Waals surface area contributed by atoms with Crippen LogP contribution in [0.2, 0.25) is 0 Å². The molecule has 1 atom stereocenters. The largest absolute Gasteiger partial charge is 0.494 e. The number of Topliss-reactive ketones (excluding diaryl/α,β-unsaturated/α-hetero) is 1. The van der Waals surface area contributed by atoms with Crippen LogP contribution in [0.5, 0.6) is 5.75 Å². The van der Waals surface area contributed by atoms with E-state index in [0.717, 1.165) is 34.4 Å². The van der Waals surface area contributed by atoms with Crippen molar-refractivity contribution < 1.29 is 9.53 Å². The molecule has 0 spiro atoms. The van der Waals surface area contributed by atoms with Crippen LogP contribution in [0.1, 0.15) is 31.1 Å². The lowest BCUT2D eigenvalue weighted by molar-refractivity contribution is 0.0994. The minimum atomic E-state index is -0.327. The fraction of sp³-hybridized carbons (Fsp3) is 0.273. The minimum Gasteiger partial charge on any atom is -0.494 e. The number of ether oxygens (including phenoxy) is 1. The predicted octanol–water partition coefficient (Wildman–Crippen LogP) is 4.76. The zero-order valence-electron chi connectivity index (χ0n) is 16.6. The number of fused-ring (bicyclic) bond motifs is 3. The monoisotopic (exact) mass is 406 g/mol. The molecular formula is C22H22N4O2S. The first-order valence-electron chi connectivity index (χ1n) is 9.67. The van der Waals surface area contributed by atoms with Gasteiger partial charge in [-0.15, -0.1) is 10.2 Å². The highest BCUT2D eigenvalue weighted by Crippen LogP contribution is 2.29. The second-order valence-corrected chi connectivity index (χ2v) is 7.92. The molecule has 2 aromatic heterocycles. The third-order valence-corrected chi connectivity index (χ3v) is 5.72. The highest BCUT2D eigenvalue weighted by Gasteiger charge is 2.20. The Balaban J connectivity index is 1.60. The summed E-state index contributed by atoms with van der Waals surface area (Å²) in [5.74, 6) is 0.785. The van der Waals surface area contributed by atoms with Crippen LogP contribution >= 0.6 is 11.8 Å². The molecular weight excluding hydrogens is 384 g/mol. The fourth-order valence-corrected chi connectivity index (χ4v) is 4.17. The van der Waals surface area contributed by atoms with Gasteiger partial charge in [-0.25, -0.2) is 4.98 Å². The summed E-state index contributed by atoms with van der Waals surface area (Å²) in [7, 11) is 0. The van der Waals surface area contributed by atoms with Crippen LogP contribution in [-0.4, -0.2) is 37.4 Å². The van der Waals surface area contributed by atoms with Gasteiger partial charge in [-0.3, -0.25) is 4.79 Å². The molecule has 2 aromatic carbocycles. The van der Waals surface area contributed by atoms with Gasteiger partial charge in [0, 0.05) is 17.5 Å². The number of thioether (sulfide) groups is 1. The Kier molecular flexibility index (Phi) is 5.49. The number of benzene rings is 2. The highest BCUT2D eigenvalue weighted by atomic mass is 32.2. The van der Waals surface area contributed by atoms with Crippen molar-refractivity contribution in [3.63, 3.8) is 0 Å². The highest BCUT2D eigenvalue weighted by molar-refractivity contribution is 8.00. The van der Waals surface area contributed by atoms with E-state index in [9.17, 15) is 4.79 Å². The average Bonchev–Trinajstić information content (AvgIpc) is 3.07. The molecule has 0 amide bonds. The number of aromatic nitrogens is 4.